The number of H-pyrrole nitrogens is 1. The summed E-state index contributed by atoms with van der Waals surface area (Å²) in [6.07, 6.45) is 4.32. The second kappa shape index (κ2) is 4.96. The van der Waals surface area contributed by atoms with Gasteiger partial charge in [0.2, 0.25) is 0 Å². The van der Waals surface area contributed by atoms with Gasteiger partial charge in [-0.25, -0.2) is 9.18 Å². The summed E-state index contributed by atoms with van der Waals surface area (Å²) in [6.45, 7) is 0. The van der Waals surface area contributed by atoms with Gasteiger partial charge in [-0.1, -0.05) is 12.1 Å². The normalized spacial score (nSPS) is 16.2. The fourth-order valence-electron chi connectivity index (χ4n) is 2.48. The van der Waals surface area contributed by atoms with E-state index in [1.165, 1.54) is 12.1 Å². The first-order valence-corrected chi connectivity index (χ1v) is 6.53. The molecule has 6 heteroatoms. The molecule has 0 bridgehead atoms. The van der Waals surface area contributed by atoms with E-state index in [0.29, 0.717) is 5.82 Å². The molecule has 0 spiro atoms. The predicted octanol–water partition coefficient (Wildman–Crippen LogP) is 2.75. The molecule has 0 aliphatic heterocycles. The van der Waals surface area contributed by atoms with Gasteiger partial charge in [0.15, 0.2) is 0 Å². The molecule has 1 aliphatic rings. The number of aromatic nitrogens is 2. The largest absolute Gasteiger partial charge is 0.328 e. The minimum Gasteiger partial charge on any atom is -0.328 e. The molecular weight excluding hydrogens is 259 g/mol. The van der Waals surface area contributed by atoms with Crippen molar-refractivity contribution in [1.82, 2.24) is 15.5 Å². The van der Waals surface area contributed by atoms with Crippen LogP contribution in [0.15, 0.2) is 36.5 Å². The van der Waals surface area contributed by atoms with E-state index in [9.17, 15) is 9.18 Å². The molecule has 0 atom stereocenters. The number of urea groups is 1. The van der Waals surface area contributed by atoms with Crippen molar-refractivity contribution in [3.8, 4) is 0 Å². The maximum atomic E-state index is 13.0. The first kappa shape index (κ1) is 12.7. The number of hydrogen-bond donors (Lipinski definition) is 3. The van der Waals surface area contributed by atoms with Crippen LogP contribution in [0.2, 0.25) is 0 Å². The fourth-order valence-corrected chi connectivity index (χ4v) is 2.48. The Kier molecular flexibility index (Phi) is 3.14. The fraction of sp³-hybridized carbons (Fsp3) is 0.286. The second-order valence-electron chi connectivity index (χ2n) is 4.99. The zero-order chi connectivity index (χ0) is 14.0. The van der Waals surface area contributed by atoms with Crippen LogP contribution >= 0.6 is 0 Å². The van der Waals surface area contributed by atoms with Crippen molar-refractivity contribution in [2.75, 3.05) is 5.32 Å². The Morgan fingerprint density at radius 1 is 1.25 bits per heavy atom. The van der Waals surface area contributed by atoms with Gasteiger partial charge in [-0.3, -0.25) is 10.4 Å². The minimum absolute atomic E-state index is 0.273. The maximum Gasteiger partial charge on any atom is 0.321 e. The van der Waals surface area contributed by atoms with E-state index in [2.05, 4.69) is 20.8 Å². The van der Waals surface area contributed by atoms with Crippen LogP contribution in [-0.4, -0.2) is 16.2 Å². The van der Waals surface area contributed by atoms with Gasteiger partial charge < -0.3 is 5.32 Å². The topological polar surface area (TPSA) is 69.8 Å². The standard InChI is InChI=1S/C14H15FN4O/c15-11-4-2-10(3-5-11)14(7-1-8-14)18-13(20)17-12-6-9-16-19-12/h2-6,9H,1,7-8H2,(H3,16,17,18,19,20). The number of nitrogens with zero attached hydrogens (tertiary/aromatic N) is 1. The van der Waals surface area contributed by atoms with Crippen LogP contribution in [0.25, 0.3) is 0 Å². The molecule has 0 radical (unpaired) electrons. The van der Waals surface area contributed by atoms with Crippen molar-refractivity contribution in [2.45, 2.75) is 24.8 Å². The Morgan fingerprint density at radius 2 is 2.00 bits per heavy atom. The Balaban J connectivity index is 1.73. The minimum atomic E-state index is -0.391. The Bertz CT molecular complexity index is 590. The highest BCUT2D eigenvalue weighted by Crippen LogP contribution is 2.41. The first-order valence-electron chi connectivity index (χ1n) is 6.53. The maximum absolute atomic E-state index is 13.0. The molecule has 1 fully saturated rings. The second-order valence-corrected chi connectivity index (χ2v) is 4.99. The van der Waals surface area contributed by atoms with E-state index in [1.807, 2.05) is 0 Å². The SMILES string of the molecule is O=C(Nc1ccn[nH]1)NC1(c2ccc(F)cc2)CCC1. The van der Waals surface area contributed by atoms with Crippen molar-refractivity contribution >= 4 is 11.8 Å². The number of hydrogen-bond acceptors (Lipinski definition) is 2. The van der Waals surface area contributed by atoms with Crippen LogP contribution < -0.4 is 10.6 Å². The molecule has 1 saturated carbocycles. The molecule has 0 saturated heterocycles. The van der Waals surface area contributed by atoms with Crippen molar-refractivity contribution in [3.63, 3.8) is 0 Å². The summed E-state index contributed by atoms with van der Waals surface area (Å²) in [5, 5.41) is 12.1. The van der Waals surface area contributed by atoms with Gasteiger partial charge in [0.05, 0.1) is 11.7 Å². The molecule has 5 nitrogen and oxygen atoms in total. The van der Waals surface area contributed by atoms with Crippen LogP contribution in [-0.2, 0) is 5.54 Å². The molecule has 104 valence electrons. The smallest absolute Gasteiger partial charge is 0.321 e. The average Bonchev–Trinajstić information content (AvgIpc) is 2.88. The van der Waals surface area contributed by atoms with Gasteiger partial charge in [0.25, 0.3) is 0 Å². The molecule has 3 rings (SSSR count). The molecule has 1 aliphatic carbocycles. The van der Waals surface area contributed by atoms with Crippen molar-refractivity contribution < 1.29 is 9.18 Å². The lowest BCUT2D eigenvalue weighted by atomic mass is 9.72. The van der Waals surface area contributed by atoms with Gasteiger partial charge in [-0.2, -0.15) is 5.10 Å². The van der Waals surface area contributed by atoms with E-state index in [1.54, 1.807) is 24.4 Å². The van der Waals surface area contributed by atoms with E-state index in [-0.39, 0.29) is 11.8 Å². The molecule has 3 N–H and O–H groups in total. The Morgan fingerprint density at radius 3 is 2.55 bits per heavy atom. The summed E-state index contributed by atoms with van der Waals surface area (Å²) < 4.78 is 13.0. The Hall–Kier alpha value is -2.37. The van der Waals surface area contributed by atoms with Crippen LogP contribution in [0.5, 0.6) is 0 Å². The summed E-state index contributed by atoms with van der Waals surface area (Å²) in [4.78, 5) is 12.0. The van der Waals surface area contributed by atoms with Gasteiger partial charge in [0, 0.05) is 6.07 Å². The summed E-state index contributed by atoms with van der Waals surface area (Å²) in [7, 11) is 0. The molecule has 20 heavy (non-hydrogen) atoms. The molecular formula is C14H15FN4O. The number of amides is 2. The van der Waals surface area contributed by atoms with Gasteiger partial charge in [-0.05, 0) is 37.0 Å². The summed E-state index contributed by atoms with van der Waals surface area (Å²) >= 11 is 0. The van der Waals surface area contributed by atoms with E-state index < -0.39 is 5.54 Å². The number of halogens is 1. The van der Waals surface area contributed by atoms with Crippen LogP contribution in [0.4, 0.5) is 15.0 Å². The highest BCUT2D eigenvalue weighted by atomic mass is 19.1. The average molecular weight is 274 g/mol. The lowest BCUT2D eigenvalue weighted by Gasteiger charge is -2.43. The highest BCUT2D eigenvalue weighted by Gasteiger charge is 2.40. The van der Waals surface area contributed by atoms with Crippen molar-refractivity contribution in [1.29, 1.82) is 0 Å². The summed E-state index contributed by atoms with van der Waals surface area (Å²) in [5.41, 5.74) is 0.544. The number of nitrogens with one attached hydrogen (secondary N) is 3. The predicted molar refractivity (Wildman–Crippen MR) is 72.7 cm³/mol. The molecule has 0 unspecified atom stereocenters. The highest BCUT2D eigenvalue weighted by molar-refractivity contribution is 5.88. The molecule has 2 amide bonds. The van der Waals surface area contributed by atoms with E-state index >= 15 is 0 Å². The number of anilines is 1. The van der Waals surface area contributed by atoms with Crippen LogP contribution in [0, 0.1) is 5.82 Å². The lowest BCUT2D eigenvalue weighted by molar-refractivity contribution is 0.185. The quantitative estimate of drug-likeness (QED) is 0.805. The Labute approximate surface area is 115 Å². The van der Waals surface area contributed by atoms with E-state index in [4.69, 9.17) is 0 Å². The summed E-state index contributed by atoms with van der Waals surface area (Å²) in [5.74, 6) is 0.265. The van der Waals surface area contributed by atoms with Gasteiger partial charge in [0.1, 0.15) is 11.6 Å². The monoisotopic (exact) mass is 274 g/mol. The first-order chi connectivity index (χ1) is 9.68. The number of carbonyl (C=O) groups excluding carboxylic acids is 1. The number of aromatic amines is 1. The van der Waals surface area contributed by atoms with Crippen molar-refractivity contribution in [3.05, 3.63) is 47.9 Å². The molecule has 1 aromatic heterocycles. The lowest BCUT2D eigenvalue weighted by Crippen LogP contribution is -2.52. The number of carbonyl (C=O) groups is 1. The van der Waals surface area contributed by atoms with Crippen LogP contribution in [0.3, 0.4) is 0 Å². The zero-order valence-corrected chi connectivity index (χ0v) is 10.8. The summed E-state index contributed by atoms with van der Waals surface area (Å²) in [6, 6.07) is 7.67. The van der Waals surface area contributed by atoms with Gasteiger partial charge in [-0.15, -0.1) is 0 Å². The van der Waals surface area contributed by atoms with E-state index in [0.717, 1.165) is 24.8 Å². The third kappa shape index (κ3) is 2.36. The molecule has 1 heterocycles. The van der Waals surface area contributed by atoms with Gasteiger partial charge >= 0.3 is 6.03 Å². The number of rotatable bonds is 3. The molecule has 1 aromatic carbocycles. The van der Waals surface area contributed by atoms with Crippen molar-refractivity contribution in [2.24, 2.45) is 0 Å². The molecule has 2 aromatic rings. The third-order valence-electron chi connectivity index (χ3n) is 3.71. The third-order valence-corrected chi connectivity index (χ3v) is 3.71. The van der Waals surface area contributed by atoms with Crippen LogP contribution in [0.1, 0.15) is 24.8 Å². The zero-order valence-electron chi connectivity index (χ0n) is 10.8. The number of benzene rings is 1.